The van der Waals surface area contributed by atoms with Crippen LogP contribution in [0.1, 0.15) is 38.7 Å². The molecule has 4 nitrogen and oxygen atoms in total. The first-order valence-electron chi connectivity index (χ1n) is 8.24. The molecule has 23 heavy (non-hydrogen) atoms. The van der Waals surface area contributed by atoms with Gasteiger partial charge < -0.3 is 9.80 Å². The summed E-state index contributed by atoms with van der Waals surface area (Å²) in [4.78, 5) is 28.6. The van der Waals surface area contributed by atoms with Gasteiger partial charge in [-0.3, -0.25) is 9.59 Å². The molecule has 0 radical (unpaired) electrons. The highest BCUT2D eigenvalue weighted by atomic mass is 35.5. The molecule has 0 bridgehead atoms. The fourth-order valence-corrected chi connectivity index (χ4v) is 3.45. The van der Waals surface area contributed by atoms with Crippen LogP contribution in [-0.2, 0) is 15.0 Å². The van der Waals surface area contributed by atoms with Crippen LogP contribution in [0.2, 0.25) is 5.02 Å². The molecule has 1 fully saturated rings. The Morgan fingerprint density at radius 2 is 1.87 bits per heavy atom. The highest BCUT2D eigenvalue weighted by molar-refractivity contribution is 6.30. The average molecular weight is 337 g/mol. The van der Waals surface area contributed by atoms with Gasteiger partial charge in [0.2, 0.25) is 11.8 Å². The second-order valence-electron chi connectivity index (χ2n) is 6.17. The molecule has 1 aromatic rings. The van der Waals surface area contributed by atoms with E-state index in [1.807, 2.05) is 38.1 Å². The van der Waals surface area contributed by atoms with Crippen LogP contribution < -0.4 is 0 Å². The number of hydrogen-bond donors (Lipinski definition) is 0. The smallest absolute Gasteiger partial charge is 0.242 e. The van der Waals surface area contributed by atoms with E-state index in [0.717, 1.165) is 24.8 Å². The van der Waals surface area contributed by atoms with E-state index in [0.29, 0.717) is 18.1 Å². The number of carbonyl (C=O) groups is 2. The molecule has 5 heteroatoms. The van der Waals surface area contributed by atoms with Gasteiger partial charge in [0.25, 0.3) is 0 Å². The first kappa shape index (κ1) is 17.8. The number of likely N-dealkylation sites (N-methyl/N-ethyl adjacent to an activating group) is 2. The molecular weight excluding hydrogens is 312 g/mol. The van der Waals surface area contributed by atoms with Gasteiger partial charge in [0.1, 0.15) is 0 Å². The number of amides is 2. The minimum Gasteiger partial charge on any atom is -0.342 e. The summed E-state index contributed by atoms with van der Waals surface area (Å²) in [5.41, 5.74) is 0.451. The van der Waals surface area contributed by atoms with Crippen molar-refractivity contribution in [2.45, 2.75) is 38.5 Å². The number of rotatable bonds is 6. The Morgan fingerprint density at radius 3 is 2.35 bits per heavy atom. The standard InChI is InChI=1S/C18H25ClN2O2/c1-4-21(5-2)16(22)13-20(3)17(23)18(10-7-11-18)14-8-6-9-15(19)12-14/h6,8-9,12H,4-5,7,10-11,13H2,1-3H3. The van der Waals surface area contributed by atoms with E-state index in [2.05, 4.69) is 0 Å². The zero-order valence-corrected chi connectivity index (χ0v) is 14.9. The fraction of sp³-hybridized carbons (Fsp3) is 0.556. The van der Waals surface area contributed by atoms with Crippen molar-refractivity contribution in [1.82, 2.24) is 9.80 Å². The summed E-state index contributed by atoms with van der Waals surface area (Å²) in [5, 5.41) is 0.642. The van der Waals surface area contributed by atoms with Crippen LogP contribution in [0.25, 0.3) is 0 Å². The summed E-state index contributed by atoms with van der Waals surface area (Å²) in [6.45, 7) is 5.35. The summed E-state index contributed by atoms with van der Waals surface area (Å²) < 4.78 is 0. The minimum absolute atomic E-state index is 0.00795. The minimum atomic E-state index is -0.511. The first-order chi connectivity index (χ1) is 10.9. The van der Waals surface area contributed by atoms with Crippen molar-refractivity contribution in [3.63, 3.8) is 0 Å². The molecule has 2 amide bonds. The molecule has 1 aromatic carbocycles. The van der Waals surface area contributed by atoms with Gasteiger partial charge in [-0.1, -0.05) is 30.2 Å². The normalized spacial score (nSPS) is 15.7. The van der Waals surface area contributed by atoms with Crippen molar-refractivity contribution in [2.75, 3.05) is 26.7 Å². The maximum absolute atomic E-state index is 13.0. The molecule has 1 saturated carbocycles. The lowest BCUT2D eigenvalue weighted by molar-refractivity contribution is -0.145. The van der Waals surface area contributed by atoms with E-state index >= 15 is 0 Å². The van der Waals surface area contributed by atoms with E-state index in [1.54, 1.807) is 16.8 Å². The van der Waals surface area contributed by atoms with Gasteiger partial charge in [-0.15, -0.1) is 0 Å². The molecule has 0 atom stereocenters. The number of halogens is 1. The third-order valence-corrected chi connectivity index (χ3v) is 5.06. The summed E-state index contributed by atoms with van der Waals surface area (Å²) >= 11 is 6.09. The summed E-state index contributed by atoms with van der Waals surface area (Å²) in [6.07, 6.45) is 2.65. The molecule has 0 spiro atoms. The largest absolute Gasteiger partial charge is 0.342 e. The highest BCUT2D eigenvalue weighted by Gasteiger charge is 2.47. The van der Waals surface area contributed by atoms with Gasteiger partial charge in [0.05, 0.1) is 12.0 Å². The monoisotopic (exact) mass is 336 g/mol. The molecule has 0 heterocycles. The quantitative estimate of drug-likeness (QED) is 0.801. The Bertz CT molecular complexity index is 580. The molecule has 0 aromatic heterocycles. The zero-order valence-electron chi connectivity index (χ0n) is 14.1. The SMILES string of the molecule is CCN(CC)C(=O)CN(C)C(=O)C1(c2cccc(Cl)c2)CCC1. The van der Waals surface area contributed by atoms with E-state index in [9.17, 15) is 9.59 Å². The van der Waals surface area contributed by atoms with Crippen LogP contribution in [0.3, 0.4) is 0 Å². The molecule has 2 rings (SSSR count). The highest BCUT2D eigenvalue weighted by Crippen LogP contribution is 2.45. The molecule has 1 aliphatic rings. The molecule has 0 N–H and O–H groups in total. The number of carbonyl (C=O) groups excluding carboxylic acids is 2. The van der Waals surface area contributed by atoms with Gasteiger partial charge in [-0.25, -0.2) is 0 Å². The number of benzene rings is 1. The summed E-state index contributed by atoms with van der Waals surface area (Å²) in [7, 11) is 1.72. The lowest BCUT2D eigenvalue weighted by Gasteiger charge is -2.43. The number of nitrogens with zero attached hydrogens (tertiary/aromatic N) is 2. The van der Waals surface area contributed by atoms with Crippen molar-refractivity contribution in [3.8, 4) is 0 Å². The average Bonchev–Trinajstić information content (AvgIpc) is 2.47. The first-order valence-corrected chi connectivity index (χ1v) is 8.61. The zero-order chi connectivity index (χ0) is 17.0. The van der Waals surface area contributed by atoms with Crippen molar-refractivity contribution in [3.05, 3.63) is 34.9 Å². The second-order valence-corrected chi connectivity index (χ2v) is 6.61. The summed E-state index contributed by atoms with van der Waals surface area (Å²) in [5.74, 6) is 0.0120. The lowest BCUT2D eigenvalue weighted by atomic mass is 9.63. The fourth-order valence-electron chi connectivity index (χ4n) is 3.26. The Labute approximate surface area is 143 Å². The van der Waals surface area contributed by atoms with Crippen LogP contribution in [0.15, 0.2) is 24.3 Å². The molecular formula is C18H25ClN2O2. The van der Waals surface area contributed by atoms with E-state index in [1.165, 1.54) is 0 Å². The predicted molar refractivity (Wildman–Crippen MR) is 92.5 cm³/mol. The van der Waals surface area contributed by atoms with Crippen molar-refractivity contribution in [2.24, 2.45) is 0 Å². The third kappa shape index (κ3) is 3.52. The molecule has 0 aliphatic heterocycles. The molecule has 0 saturated heterocycles. The Morgan fingerprint density at radius 1 is 1.22 bits per heavy atom. The van der Waals surface area contributed by atoms with Gasteiger partial charge in [-0.2, -0.15) is 0 Å². The Kier molecular flexibility index (Phi) is 5.69. The Balaban J connectivity index is 2.15. The molecule has 1 aliphatic carbocycles. The summed E-state index contributed by atoms with van der Waals surface area (Å²) in [6, 6.07) is 7.53. The van der Waals surface area contributed by atoms with Crippen LogP contribution in [0.4, 0.5) is 0 Å². The van der Waals surface area contributed by atoms with Crippen molar-refractivity contribution >= 4 is 23.4 Å². The van der Waals surface area contributed by atoms with Crippen LogP contribution in [0, 0.1) is 0 Å². The van der Waals surface area contributed by atoms with E-state index in [4.69, 9.17) is 11.6 Å². The van der Waals surface area contributed by atoms with Crippen LogP contribution in [-0.4, -0.2) is 48.3 Å². The van der Waals surface area contributed by atoms with E-state index in [-0.39, 0.29) is 18.4 Å². The maximum atomic E-state index is 13.0. The Hall–Kier alpha value is -1.55. The van der Waals surface area contributed by atoms with E-state index < -0.39 is 5.41 Å². The predicted octanol–water partition coefficient (Wildman–Crippen LogP) is 3.09. The van der Waals surface area contributed by atoms with Crippen molar-refractivity contribution in [1.29, 1.82) is 0 Å². The lowest BCUT2D eigenvalue weighted by Crippen LogP contribution is -2.52. The number of hydrogen-bond acceptors (Lipinski definition) is 2. The second kappa shape index (κ2) is 7.35. The van der Waals surface area contributed by atoms with Gasteiger partial charge in [0, 0.05) is 25.2 Å². The molecule has 0 unspecified atom stereocenters. The topological polar surface area (TPSA) is 40.6 Å². The van der Waals surface area contributed by atoms with Gasteiger partial charge >= 0.3 is 0 Å². The van der Waals surface area contributed by atoms with Gasteiger partial charge in [-0.05, 0) is 44.4 Å². The molecule has 126 valence electrons. The van der Waals surface area contributed by atoms with Crippen LogP contribution in [0.5, 0.6) is 0 Å². The van der Waals surface area contributed by atoms with Gasteiger partial charge in [0.15, 0.2) is 0 Å². The maximum Gasteiger partial charge on any atom is 0.242 e. The third-order valence-electron chi connectivity index (χ3n) is 4.83. The van der Waals surface area contributed by atoms with Crippen LogP contribution >= 0.6 is 11.6 Å². The van der Waals surface area contributed by atoms with Crippen molar-refractivity contribution < 1.29 is 9.59 Å².